The molecule has 0 saturated heterocycles. The highest BCUT2D eigenvalue weighted by atomic mass is 35.5. The van der Waals surface area contributed by atoms with Gasteiger partial charge in [0, 0.05) is 11.4 Å². The summed E-state index contributed by atoms with van der Waals surface area (Å²) in [6.07, 6.45) is 3.04. The van der Waals surface area contributed by atoms with Gasteiger partial charge in [-0.25, -0.2) is 4.39 Å². The van der Waals surface area contributed by atoms with Crippen LogP contribution in [0.5, 0.6) is 0 Å². The molecule has 1 aromatic rings. The molecule has 1 aromatic carbocycles. The molecular weight excluding hydrogens is 227 g/mol. The number of benzene rings is 1. The molecule has 1 saturated carbocycles. The SMILES string of the molecule is CC1CCC(O)(Cc2cc(F)ccc2Cl)C1. The van der Waals surface area contributed by atoms with E-state index < -0.39 is 5.60 Å². The van der Waals surface area contributed by atoms with Crippen LogP contribution in [0, 0.1) is 11.7 Å². The van der Waals surface area contributed by atoms with Crippen LogP contribution in [0.1, 0.15) is 31.7 Å². The summed E-state index contributed by atoms with van der Waals surface area (Å²) in [6, 6.07) is 4.31. The Balaban J connectivity index is 2.17. The lowest BCUT2D eigenvalue weighted by Gasteiger charge is -2.23. The Morgan fingerprint density at radius 3 is 2.94 bits per heavy atom. The highest BCUT2D eigenvalue weighted by Crippen LogP contribution is 2.37. The van der Waals surface area contributed by atoms with Crippen LogP contribution >= 0.6 is 11.6 Å². The molecule has 1 aliphatic rings. The van der Waals surface area contributed by atoms with Gasteiger partial charge in [-0.1, -0.05) is 18.5 Å². The van der Waals surface area contributed by atoms with E-state index in [2.05, 4.69) is 6.92 Å². The van der Waals surface area contributed by atoms with Gasteiger partial charge in [0.05, 0.1) is 5.60 Å². The average molecular weight is 243 g/mol. The first-order valence-electron chi connectivity index (χ1n) is 5.65. The monoisotopic (exact) mass is 242 g/mol. The van der Waals surface area contributed by atoms with Crippen molar-refractivity contribution in [2.45, 2.75) is 38.2 Å². The minimum absolute atomic E-state index is 0.297. The molecule has 3 heteroatoms. The Morgan fingerprint density at radius 2 is 2.31 bits per heavy atom. The second-order valence-electron chi connectivity index (χ2n) is 4.98. The molecule has 0 aliphatic heterocycles. The summed E-state index contributed by atoms with van der Waals surface area (Å²) in [4.78, 5) is 0. The third-order valence-electron chi connectivity index (χ3n) is 3.36. The van der Waals surface area contributed by atoms with Gasteiger partial charge in [-0.2, -0.15) is 0 Å². The average Bonchev–Trinajstić information content (AvgIpc) is 2.52. The Morgan fingerprint density at radius 1 is 1.56 bits per heavy atom. The van der Waals surface area contributed by atoms with Crippen LogP contribution in [0.2, 0.25) is 5.02 Å². The molecule has 1 nitrogen and oxygen atoms in total. The van der Waals surface area contributed by atoms with E-state index in [4.69, 9.17) is 11.6 Å². The topological polar surface area (TPSA) is 20.2 Å². The summed E-state index contributed by atoms with van der Waals surface area (Å²) in [5, 5.41) is 10.9. The van der Waals surface area contributed by atoms with Crippen molar-refractivity contribution in [2.75, 3.05) is 0 Å². The van der Waals surface area contributed by atoms with Gasteiger partial charge in [-0.15, -0.1) is 0 Å². The van der Waals surface area contributed by atoms with Gasteiger partial charge in [0.15, 0.2) is 0 Å². The molecule has 2 rings (SSSR count). The van der Waals surface area contributed by atoms with Gasteiger partial charge >= 0.3 is 0 Å². The fourth-order valence-corrected chi connectivity index (χ4v) is 2.75. The number of aliphatic hydroxyl groups is 1. The highest BCUT2D eigenvalue weighted by Gasteiger charge is 2.35. The maximum Gasteiger partial charge on any atom is 0.123 e. The van der Waals surface area contributed by atoms with Crippen LogP contribution in [0.3, 0.4) is 0 Å². The van der Waals surface area contributed by atoms with Crippen molar-refractivity contribution in [3.63, 3.8) is 0 Å². The molecule has 16 heavy (non-hydrogen) atoms. The molecule has 88 valence electrons. The largest absolute Gasteiger partial charge is 0.390 e. The lowest BCUT2D eigenvalue weighted by molar-refractivity contribution is 0.0446. The molecule has 0 radical (unpaired) electrons. The highest BCUT2D eigenvalue weighted by molar-refractivity contribution is 6.31. The van der Waals surface area contributed by atoms with Crippen molar-refractivity contribution in [3.8, 4) is 0 Å². The van der Waals surface area contributed by atoms with Crippen molar-refractivity contribution in [1.82, 2.24) is 0 Å². The van der Waals surface area contributed by atoms with Crippen LogP contribution in [0.15, 0.2) is 18.2 Å². The van der Waals surface area contributed by atoms with Crippen molar-refractivity contribution in [2.24, 2.45) is 5.92 Å². The molecule has 0 bridgehead atoms. The summed E-state index contributed by atoms with van der Waals surface area (Å²) >= 11 is 6.00. The van der Waals surface area contributed by atoms with Crippen LogP contribution < -0.4 is 0 Å². The molecule has 2 unspecified atom stereocenters. The first-order chi connectivity index (χ1) is 7.48. The summed E-state index contributed by atoms with van der Waals surface area (Å²) in [5.74, 6) is 0.242. The van der Waals surface area contributed by atoms with Gasteiger partial charge < -0.3 is 5.11 Å². The normalized spacial score (nSPS) is 29.6. The Kier molecular flexibility index (Phi) is 3.22. The molecule has 1 aliphatic carbocycles. The summed E-state index contributed by atoms with van der Waals surface area (Å²) < 4.78 is 13.1. The maximum atomic E-state index is 13.1. The van der Waals surface area contributed by atoms with Gasteiger partial charge in [-0.05, 0) is 48.9 Å². The van der Waals surface area contributed by atoms with Gasteiger partial charge in [0.1, 0.15) is 5.82 Å². The van der Waals surface area contributed by atoms with E-state index in [-0.39, 0.29) is 5.82 Å². The minimum atomic E-state index is -0.698. The number of rotatable bonds is 2. The molecule has 0 heterocycles. The molecule has 0 amide bonds. The fourth-order valence-electron chi connectivity index (χ4n) is 2.56. The molecule has 2 atom stereocenters. The summed E-state index contributed by atoms with van der Waals surface area (Å²) in [5.41, 5.74) is 0.00916. The zero-order chi connectivity index (χ0) is 11.8. The van der Waals surface area contributed by atoms with E-state index in [9.17, 15) is 9.50 Å². The second kappa shape index (κ2) is 4.34. The minimum Gasteiger partial charge on any atom is -0.390 e. The quantitative estimate of drug-likeness (QED) is 0.841. The van der Waals surface area contributed by atoms with E-state index in [1.54, 1.807) is 6.07 Å². The third-order valence-corrected chi connectivity index (χ3v) is 3.73. The first kappa shape index (κ1) is 11.9. The Hall–Kier alpha value is -0.600. The molecular formula is C13H16ClFO. The Labute approximate surface area is 100 Å². The van der Waals surface area contributed by atoms with Crippen molar-refractivity contribution in [3.05, 3.63) is 34.6 Å². The molecule has 1 fully saturated rings. The number of hydrogen-bond acceptors (Lipinski definition) is 1. The van der Waals surface area contributed by atoms with Crippen LogP contribution in [-0.2, 0) is 6.42 Å². The predicted molar refractivity (Wildman–Crippen MR) is 63.1 cm³/mol. The van der Waals surface area contributed by atoms with Crippen LogP contribution in [0.25, 0.3) is 0 Å². The number of halogens is 2. The predicted octanol–water partition coefficient (Wildman–Crippen LogP) is 3.57. The van der Waals surface area contributed by atoms with E-state index in [0.717, 1.165) is 19.3 Å². The third kappa shape index (κ3) is 2.55. The van der Waals surface area contributed by atoms with Gasteiger partial charge in [-0.3, -0.25) is 0 Å². The fraction of sp³-hybridized carbons (Fsp3) is 0.538. The first-order valence-corrected chi connectivity index (χ1v) is 6.03. The molecule has 1 N–H and O–H groups in total. The van der Waals surface area contributed by atoms with Crippen molar-refractivity contribution >= 4 is 11.6 Å². The van der Waals surface area contributed by atoms with Crippen molar-refractivity contribution < 1.29 is 9.50 Å². The lowest BCUT2D eigenvalue weighted by atomic mass is 9.92. The second-order valence-corrected chi connectivity index (χ2v) is 5.39. The van der Waals surface area contributed by atoms with Gasteiger partial charge in [0.2, 0.25) is 0 Å². The summed E-state index contributed by atoms with van der Waals surface area (Å²) in [7, 11) is 0. The van der Waals surface area contributed by atoms with E-state index in [0.29, 0.717) is 22.9 Å². The summed E-state index contributed by atoms with van der Waals surface area (Å²) in [6.45, 7) is 2.13. The van der Waals surface area contributed by atoms with Crippen molar-refractivity contribution in [1.29, 1.82) is 0 Å². The van der Waals surface area contributed by atoms with E-state index >= 15 is 0 Å². The maximum absolute atomic E-state index is 13.1. The van der Waals surface area contributed by atoms with Gasteiger partial charge in [0.25, 0.3) is 0 Å². The molecule has 0 aromatic heterocycles. The van der Waals surface area contributed by atoms with E-state index in [1.807, 2.05) is 0 Å². The number of hydrogen-bond donors (Lipinski definition) is 1. The van der Waals surface area contributed by atoms with Crippen LogP contribution in [0.4, 0.5) is 4.39 Å². The zero-order valence-electron chi connectivity index (χ0n) is 9.34. The lowest BCUT2D eigenvalue weighted by Crippen LogP contribution is -2.27. The standard InChI is InChI=1S/C13H16ClFO/c1-9-4-5-13(16,7-9)8-10-6-11(15)2-3-12(10)14/h2-3,6,9,16H,4-5,7-8H2,1H3. The Bertz CT molecular complexity index is 394. The van der Waals surface area contributed by atoms with E-state index in [1.165, 1.54) is 12.1 Å². The molecule has 0 spiro atoms. The zero-order valence-corrected chi connectivity index (χ0v) is 10.1. The van der Waals surface area contributed by atoms with Crippen LogP contribution in [-0.4, -0.2) is 10.7 Å². The smallest absolute Gasteiger partial charge is 0.123 e.